The molecule has 0 atom stereocenters. The molecule has 0 unspecified atom stereocenters. The largest absolute Gasteiger partial charge is 0.464 e. The summed E-state index contributed by atoms with van der Waals surface area (Å²) < 4.78 is 9.95. The minimum absolute atomic E-state index is 0.00190. The Hall–Kier alpha value is -1.89. The van der Waals surface area contributed by atoms with Crippen molar-refractivity contribution in [3.8, 4) is 0 Å². The molecule has 7 heteroatoms. The van der Waals surface area contributed by atoms with Gasteiger partial charge in [-0.25, -0.2) is 9.59 Å². The van der Waals surface area contributed by atoms with E-state index >= 15 is 0 Å². The van der Waals surface area contributed by atoms with Crippen LogP contribution in [0.5, 0.6) is 0 Å². The third-order valence-electron chi connectivity index (χ3n) is 2.66. The molecule has 21 heavy (non-hydrogen) atoms. The highest BCUT2D eigenvalue weighted by molar-refractivity contribution is 7.09. The van der Waals surface area contributed by atoms with E-state index in [0.717, 1.165) is 4.88 Å². The molecule has 6 nitrogen and oxygen atoms in total. The summed E-state index contributed by atoms with van der Waals surface area (Å²) in [6.07, 6.45) is 0.00190. The van der Waals surface area contributed by atoms with Crippen molar-refractivity contribution >= 4 is 29.2 Å². The Bertz CT molecular complexity index is 479. The second-order valence-electron chi connectivity index (χ2n) is 4.28. The Kier molecular flexibility index (Phi) is 6.36. The first-order chi connectivity index (χ1) is 9.96. The van der Waals surface area contributed by atoms with Crippen molar-refractivity contribution in [1.29, 1.82) is 0 Å². The number of ether oxygens (including phenoxy) is 2. The van der Waals surface area contributed by atoms with Gasteiger partial charge in [-0.1, -0.05) is 6.07 Å². The highest BCUT2D eigenvalue weighted by atomic mass is 32.1. The molecule has 0 fully saturated rings. The quantitative estimate of drug-likeness (QED) is 0.606. The lowest BCUT2D eigenvalue weighted by Crippen LogP contribution is -2.62. The van der Waals surface area contributed by atoms with Crippen LogP contribution in [-0.2, 0) is 30.3 Å². The summed E-state index contributed by atoms with van der Waals surface area (Å²) >= 11 is 1.38. The van der Waals surface area contributed by atoms with Crippen molar-refractivity contribution in [2.75, 3.05) is 13.2 Å². The van der Waals surface area contributed by atoms with Crippen LogP contribution < -0.4 is 5.32 Å². The van der Waals surface area contributed by atoms with E-state index in [2.05, 4.69) is 5.32 Å². The average Bonchev–Trinajstić information content (AvgIpc) is 2.90. The first-order valence-corrected chi connectivity index (χ1v) is 7.49. The third-order valence-corrected chi connectivity index (χ3v) is 3.53. The van der Waals surface area contributed by atoms with E-state index in [4.69, 9.17) is 9.47 Å². The Balaban J connectivity index is 3.21. The molecule has 0 aromatic carbocycles. The fraction of sp³-hybridized carbons (Fsp3) is 0.500. The maximum absolute atomic E-state index is 12.3. The second kappa shape index (κ2) is 7.78. The van der Waals surface area contributed by atoms with E-state index in [1.807, 2.05) is 5.38 Å². The molecule has 0 saturated heterocycles. The van der Waals surface area contributed by atoms with Crippen molar-refractivity contribution in [3.05, 3.63) is 22.4 Å². The van der Waals surface area contributed by atoms with Gasteiger partial charge in [0.05, 0.1) is 13.2 Å². The predicted octanol–water partition coefficient (Wildman–Crippen LogP) is 1.29. The molecule has 0 aliphatic carbocycles. The molecular weight excluding hydrogens is 294 g/mol. The molecular formula is C14H19NO5S. The first-order valence-electron chi connectivity index (χ1n) is 6.61. The van der Waals surface area contributed by atoms with Crippen LogP contribution in [0.4, 0.5) is 0 Å². The molecule has 0 radical (unpaired) electrons. The lowest BCUT2D eigenvalue weighted by atomic mass is 9.94. The zero-order valence-corrected chi connectivity index (χ0v) is 13.1. The van der Waals surface area contributed by atoms with E-state index in [0.29, 0.717) is 0 Å². The van der Waals surface area contributed by atoms with Crippen LogP contribution >= 0.6 is 11.3 Å². The smallest absolute Gasteiger partial charge is 0.344 e. The highest BCUT2D eigenvalue weighted by Gasteiger charge is 2.50. The first kappa shape index (κ1) is 17.2. The predicted molar refractivity (Wildman–Crippen MR) is 77.8 cm³/mol. The number of esters is 2. The molecule has 1 N–H and O–H groups in total. The lowest BCUT2D eigenvalue weighted by molar-refractivity contribution is -0.167. The summed E-state index contributed by atoms with van der Waals surface area (Å²) in [6.45, 7) is 4.70. The minimum atomic E-state index is -1.84. The van der Waals surface area contributed by atoms with E-state index in [1.54, 1.807) is 26.0 Å². The number of hydrogen-bond acceptors (Lipinski definition) is 6. The van der Waals surface area contributed by atoms with Gasteiger partial charge in [-0.3, -0.25) is 4.79 Å². The Morgan fingerprint density at radius 2 is 1.76 bits per heavy atom. The standard InChI is InChI=1S/C14H19NO5S/c1-4-19-12(17)14(15-10(3)16,13(18)20-5-2)9-11-7-6-8-21-11/h6-8H,4-5,9H2,1-3H3,(H,15,16). The third kappa shape index (κ3) is 4.29. The van der Waals surface area contributed by atoms with Crippen LogP contribution in [0, 0.1) is 0 Å². The number of carbonyl (C=O) groups is 3. The summed E-state index contributed by atoms with van der Waals surface area (Å²) in [5.41, 5.74) is -1.84. The van der Waals surface area contributed by atoms with Crippen LogP contribution in [0.1, 0.15) is 25.6 Å². The monoisotopic (exact) mass is 313 g/mol. The number of hydrogen-bond donors (Lipinski definition) is 1. The Labute approximate surface area is 127 Å². The lowest BCUT2D eigenvalue weighted by Gasteiger charge is -2.29. The van der Waals surface area contributed by atoms with Crippen molar-refractivity contribution in [2.24, 2.45) is 0 Å². The highest BCUT2D eigenvalue weighted by Crippen LogP contribution is 2.21. The molecule has 0 spiro atoms. The number of rotatable bonds is 7. The molecule has 1 aromatic heterocycles. The van der Waals surface area contributed by atoms with Crippen molar-refractivity contribution in [1.82, 2.24) is 5.32 Å². The molecule has 0 aliphatic rings. The van der Waals surface area contributed by atoms with Gasteiger partial charge in [0.1, 0.15) is 0 Å². The molecule has 116 valence electrons. The Morgan fingerprint density at radius 1 is 1.19 bits per heavy atom. The fourth-order valence-electron chi connectivity index (χ4n) is 1.86. The molecule has 1 amide bonds. The average molecular weight is 313 g/mol. The zero-order chi connectivity index (χ0) is 15.9. The van der Waals surface area contributed by atoms with Gasteiger partial charge in [-0.2, -0.15) is 0 Å². The normalized spacial score (nSPS) is 10.8. The molecule has 1 aromatic rings. The number of thiophene rings is 1. The topological polar surface area (TPSA) is 81.7 Å². The van der Waals surface area contributed by atoms with Gasteiger partial charge in [-0.05, 0) is 25.3 Å². The summed E-state index contributed by atoms with van der Waals surface area (Å²) in [4.78, 5) is 36.9. The molecule has 0 bridgehead atoms. The minimum Gasteiger partial charge on any atom is -0.464 e. The van der Waals surface area contributed by atoms with E-state index in [1.165, 1.54) is 18.3 Å². The van der Waals surface area contributed by atoms with Crippen molar-refractivity contribution in [3.63, 3.8) is 0 Å². The summed E-state index contributed by atoms with van der Waals surface area (Å²) in [5, 5.41) is 4.24. The molecule has 0 aliphatic heterocycles. The summed E-state index contributed by atoms with van der Waals surface area (Å²) in [5.74, 6) is -2.13. The SMILES string of the molecule is CCOC(=O)C(Cc1cccs1)(NC(C)=O)C(=O)OCC. The number of amides is 1. The van der Waals surface area contributed by atoms with Crippen LogP contribution in [0.3, 0.4) is 0 Å². The summed E-state index contributed by atoms with van der Waals surface area (Å²) in [6, 6.07) is 3.58. The molecule has 0 saturated carbocycles. The fourth-order valence-corrected chi connectivity index (χ4v) is 2.65. The molecule has 1 rings (SSSR count). The summed E-state index contributed by atoms with van der Waals surface area (Å²) in [7, 11) is 0. The number of carbonyl (C=O) groups excluding carboxylic acids is 3. The molecule has 1 heterocycles. The van der Waals surface area contributed by atoms with Gasteiger partial charge >= 0.3 is 11.9 Å². The second-order valence-corrected chi connectivity index (χ2v) is 5.32. The van der Waals surface area contributed by atoms with Gasteiger partial charge in [0.2, 0.25) is 11.4 Å². The van der Waals surface area contributed by atoms with Crippen molar-refractivity contribution < 1.29 is 23.9 Å². The van der Waals surface area contributed by atoms with Crippen molar-refractivity contribution in [2.45, 2.75) is 32.7 Å². The van der Waals surface area contributed by atoms with Crippen LogP contribution in [0.15, 0.2) is 17.5 Å². The van der Waals surface area contributed by atoms with Crippen LogP contribution in [0.2, 0.25) is 0 Å². The Morgan fingerprint density at radius 3 is 2.14 bits per heavy atom. The maximum atomic E-state index is 12.3. The zero-order valence-electron chi connectivity index (χ0n) is 12.3. The van der Waals surface area contributed by atoms with Crippen LogP contribution in [-0.4, -0.2) is 36.6 Å². The van der Waals surface area contributed by atoms with Gasteiger partial charge in [0.15, 0.2) is 0 Å². The van der Waals surface area contributed by atoms with Gasteiger partial charge in [0, 0.05) is 18.2 Å². The van der Waals surface area contributed by atoms with Gasteiger partial charge < -0.3 is 14.8 Å². The van der Waals surface area contributed by atoms with E-state index in [9.17, 15) is 14.4 Å². The van der Waals surface area contributed by atoms with E-state index in [-0.39, 0.29) is 19.6 Å². The van der Waals surface area contributed by atoms with Crippen LogP contribution in [0.25, 0.3) is 0 Å². The van der Waals surface area contributed by atoms with Gasteiger partial charge in [-0.15, -0.1) is 11.3 Å². The maximum Gasteiger partial charge on any atom is 0.344 e. The van der Waals surface area contributed by atoms with Gasteiger partial charge in [0.25, 0.3) is 0 Å². The number of nitrogens with one attached hydrogen (secondary N) is 1. The van der Waals surface area contributed by atoms with E-state index < -0.39 is 23.4 Å².